The highest BCUT2D eigenvalue weighted by atomic mass is 35.5. The van der Waals surface area contributed by atoms with Crippen molar-refractivity contribution in [1.29, 1.82) is 0 Å². The number of nitrogens with one attached hydrogen (secondary N) is 1. The lowest BCUT2D eigenvalue weighted by Crippen LogP contribution is -2.52. The highest BCUT2D eigenvalue weighted by Crippen LogP contribution is 2.31. The van der Waals surface area contributed by atoms with Gasteiger partial charge in [-0.05, 0) is 49.6 Å². The zero-order chi connectivity index (χ0) is 21.6. The molecule has 0 spiro atoms. The van der Waals surface area contributed by atoms with Gasteiger partial charge in [0, 0.05) is 37.2 Å². The summed E-state index contributed by atoms with van der Waals surface area (Å²) in [5.41, 5.74) is 1.26. The number of fused-ring (bicyclic) bond motifs is 1. The molecule has 2 aliphatic heterocycles. The van der Waals surface area contributed by atoms with Gasteiger partial charge in [-0.1, -0.05) is 35.9 Å². The van der Waals surface area contributed by atoms with Crippen molar-refractivity contribution in [2.24, 2.45) is 0 Å². The molecule has 1 fully saturated rings. The Morgan fingerprint density at radius 1 is 1.13 bits per heavy atom. The molecule has 1 saturated heterocycles. The molecule has 0 aliphatic carbocycles. The molecule has 2 aromatic rings. The first kappa shape index (κ1) is 21.8. The second-order valence-corrected chi connectivity index (χ2v) is 8.60. The number of urea groups is 1. The highest BCUT2D eigenvalue weighted by Gasteiger charge is 2.27. The van der Waals surface area contributed by atoms with E-state index in [0.717, 1.165) is 49.0 Å². The van der Waals surface area contributed by atoms with Crippen LogP contribution in [0.2, 0.25) is 5.02 Å². The lowest BCUT2D eigenvalue weighted by atomic mass is 10.0. The summed E-state index contributed by atoms with van der Waals surface area (Å²) in [6.07, 6.45) is 1.74. The Balaban J connectivity index is 1.22. The van der Waals surface area contributed by atoms with Crippen molar-refractivity contribution in [2.75, 3.05) is 32.8 Å². The number of likely N-dealkylation sites (N-methyl/N-ethyl adjacent to an activating group) is 1. The predicted molar refractivity (Wildman–Crippen MR) is 122 cm³/mol. The van der Waals surface area contributed by atoms with E-state index in [1.807, 2.05) is 48.2 Å². The van der Waals surface area contributed by atoms with Gasteiger partial charge in [0.25, 0.3) is 0 Å². The summed E-state index contributed by atoms with van der Waals surface area (Å²) >= 11 is 5.97. The molecule has 0 radical (unpaired) electrons. The summed E-state index contributed by atoms with van der Waals surface area (Å²) < 4.78 is 11.8. The fourth-order valence-electron chi connectivity index (χ4n) is 4.10. The van der Waals surface area contributed by atoms with E-state index in [2.05, 4.69) is 22.3 Å². The molecule has 0 saturated carbocycles. The Bertz CT molecular complexity index is 869. The molecule has 4 rings (SSSR count). The van der Waals surface area contributed by atoms with Crippen LogP contribution in [0.15, 0.2) is 48.5 Å². The number of para-hydroxylation sites is 2. The molecule has 166 valence electrons. The van der Waals surface area contributed by atoms with Crippen molar-refractivity contribution >= 4 is 17.6 Å². The van der Waals surface area contributed by atoms with E-state index in [4.69, 9.17) is 21.1 Å². The number of amides is 2. The quantitative estimate of drug-likeness (QED) is 0.727. The number of carbonyl (C=O) groups is 1. The van der Waals surface area contributed by atoms with Gasteiger partial charge < -0.3 is 19.7 Å². The minimum atomic E-state index is -0.165. The number of carbonyl (C=O) groups excluding carboxylic acids is 1. The van der Waals surface area contributed by atoms with E-state index in [9.17, 15) is 4.79 Å². The van der Waals surface area contributed by atoms with Crippen LogP contribution in [0.1, 0.15) is 25.3 Å². The predicted octanol–water partition coefficient (Wildman–Crippen LogP) is 4.18. The third kappa shape index (κ3) is 5.83. The first-order chi connectivity index (χ1) is 15.1. The van der Waals surface area contributed by atoms with Crippen molar-refractivity contribution < 1.29 is 14.3 Å². The Morgan fingerprint density at radius 3 is 2.55 bits per heavy atom. The molecular weight excluding hydrogens is 414 g/mol. The smallest absolute Gasteiger partial charge is 0.317 e. The van der Waals surface area contributed by atoms with Crippen LogP contribution in [0.5, 0.6) is 11.5 Å². The number of hydrogen-bond donors (Lipinski definition) is 1. The van der Waals surface area contributed by atoms with Crippen molar-refractivity contribution in [1.82, 2.24) is 15.1 Å². The molecule has 2 aromatic carbocycles. The number of ether oxygens (including phenoxy) is 2. The molecule has 1 unspecified atom stereocenters. The number of piperidine rings is 1. The van der Waals surface area contributed by atoms with Crippen molar-refractivity contribution in [3.8, 4) is 11.5 Å². The first-order valence-corrected chi connectivity index (χ1v) is 11.4. The molecule has 0 aromatic heterocycles. The summed E-state index contributed by atoms with van der Waals surface area (Å²) in [5.74, 6) is 1.50. The maximum Gasteiger partial charge on any atom is 0.317 e. The molecule has 7 heteroatoms. The van der Waals surface area contributed by atoms with Gasteiger partial charge >= 0.3 is 6.03 Å². The third-order valence-corrected chi connectivity index (χ3v) is 6.15. The van der Waals surface area contributed by atoms with E-state index < -0.39 is 0 Å². The molecule has 1 N–H and O–H groups in total. The average molecular weight is 444 g/mol. The number of hydrogen-bond acceptors (Lipinski definition) is 4. The molecule has 1 atom stereocenters. The van der Waals surface area contributed by atoms with Crippen LogP contribution in [-0.2, 0) is 6.54 Å². The second-order valence-electron chi connectivity index (χ2n) is 8.16. The third-order valence-electron chi connectivity index (χ3n) is 5.90. The topological polar surface area (TPSA) is 54.0 Å². The lowest BCUT2D eigenvalue weighted by molar-refractivity contribution is 0.0665. The van der Waals surface area contributed by atoms with Crippen LogP contribution in [0, 0.1) is 0 Å². The summed E-state index contributed by atoms with van der Waals surface area (Å²) in [6, 6.07) is 15.8. The van der Waals surface area contributed by atoms with Crippen LogP contribution >= 0.6 is 11.6 Å². The Morgan fingerprint density at radius 2 is 1.84 bits per heavy atom. The number of nitrogens with zero attached hydrogens (tertiary/aromatic N) is 2. The van der Waals surface area contributed by atoms with Crippen molar-refractivity contribution in [3.05, 3.63) is 59.1 Å². The summed E-state index contributed by atoms with van der Waals surface area (Å²) in [4.78, 5) is 17.1. The second kappa shape index (κ2) is 10.2. The van der Waals surface area contributed by atoms with E-state index in [1.165, 1.54) is 5.56 Å². The minimum absolute atomic E-state index is 0.0268. The van der Waals surface area contributed by atoms with Gasteiger partial charge in [0.2, 0.25) is 0 Å². The zero-order valence-corrected chi connectivity index (χ0v) is 18.7. The maximum atomic E-state index is 12.9. The van der Waals surface area contributed by atoms with Crippen LogP contribution in [0.4, 0.5) is 4.79 Å². The van der Waals surface area contributed by atoms with E-state index >= 15 is 0 Å². The normalized spacial score (nSPS) is 19.1. The van der Waals surface area contributed by atoms with Crippen LogP contribution in [0.25, 0.3) is 0 Å². The van der Waals surface area contributed by atoms with E-state index in [-0.39, 0.29) is 18.2 Å². The Hall–Kier alpha value is -2.44. The van der Waals surface area contributed by atoms with Gasteiger partial charge in [-0.3, -0.25) is 4.90 Å². The Labute approximate surface area is 189 Å². The van der Waals surface area contributed by atoms with Crippen LogP contribution < -0.4 is 14.8 Å². The number of benzene rings is 2. The lowest BCUT2D eigenvalue weighted by Gasteiger charge is -2.35. The molecule has 0 bridgehead atoms. The Kier molecular flexibility index (Phi) is 7.20. The summed E-state index contributed by atoms with van der Waals surface area (Å²) in [5, 5.41) is 3.98. The largest absolute Gasteiger partial charge is 0.486 e. The van der Waals surface area contributed by atoms with Crippen LogP contribution in [0.3, 0.4) is 0 Å². The van der Waals surface area contributed by atoms with E-state index in [1.54, 1.807) is 0 Å². The van der Waals surface area contributed by atoms with Gasteiger partial charge in [0.15, 0.2) is 17.6 Å². The monoisotopic (exact) mass is 443 g/mol. The molecule has 2 heterocycles. The van der Waals surface area contributed by atoms with Gasteiger partial charge in [0.1, 0.15) is 6.61 Å². The van der Waals surface area contributed by atoms with Gasteiger partial charge in [-0.25, -0.2) is 4.79 Å². The van der Waals surface area contributed by atoms with Crippen molar-refractivity contribution in [3.63, 3.8) is 0 Å². The van der Waals surface area contributed by atoms with Gasteiger partial charge in [-0.15, -0.1) is 0 Å². The number of rotatable bonds is 6. The molecule has 31 heavy (non-hydrogen) atoms. The highest BCUT2D eigenvalue weighted by molar-refractivity contribution is 6.30. The molecule has 2 aliphatic rings. The molecule has 2 amide bonds. The van der Waals surface area contributed by atoms with Gasteiger partial charge in [-0.2, -0.15) is 0 Å². The number of halogens is 1. The van der Waals surface area contributed by atoms with Crippen LogP contribution in [-0.4, -0.2) is 60.8 Å². The SMILES string of the molecule is CCN(CC1COc2ccccc2O1)C(=O)NC1CCN(Cc2ccc(Cl)cc2)CC1. The summed E-state index contributed by atoms with van der Waals surface area (Å²) in [6.45, 7) is 6.43. The zero-order valence-electron chi connectivity index (χ0n) is 17.9. The van der Waals surface area contributed by atoms with Gasteiger partial charge in [0.05, 0.1) is 6.54 Å². The van der Waals surface area contributed by atoms with E-state index in [0.29, 0.717) is 19.7 Å². The standard InChI is InChI=1S/C24H30ClN3O3/c1-2-28(16-21-17-30-22-5-3-4-6-23(22)31-21)24(29)26-20-11-13-27(14-12-20)15-18-7-9-19(25)10-8-18/h3-10,20-21H,2,11-17H2,1H3,(H,26,29). The first-order valence-electron chi connectivity index (χ1n) is 11.0. The minimum Gasteiger partial charge on any atom is -0.486 e. The molecule has 6 nitrogen and oxygen atoms in total. The number of likely N-dealkylation sites (tertiary alicyclic amines) is 1. The average Bonchev–Trinajstić information content (AvgIpc) is 2.80. The summed E-state index contributed by atoms with van der Waals surface area (Å²) in [7, 11) is 0. The van der Waals surface area contributed by atoms with Crippen molar-refractivity contribution in [2.45, 2.75) is 38.5 Å². The fourth-order valence-corrected chi connectivity index (χ4v) is 4.23. The maximum absolute atomic E-state index is 12.9. The molecular formula is C24H30ClN3O3. The fraction of sp³-hybridized carbons (Fsp3) is 0.458.